The van der Waals surface area contributed by atoms with E-state index in [1.54, 1.807) is 0 Å². The zero-order valence-corrected chi connectivity index (χ0v) is 14.3. The van der Waals surface area contributed by atoms with Gasteiger partial charge in [-0.05, 0) is 44.6 Å². The van der Waals surface area contributed by atoms with E-state index >= 15 is 0 Å². The van der Waals surface area contributed by atoms with Gasteiger partial charge >= 0.3 is 0 Å². The van der Waals surface area contributed by atoms with Crippen molar-refractivity contribution < 1.29 is 0 Å². The van der Waals surface area contributed by atoms with E-state index in [1.165, 1.54) is 25.7 Å². The molecule has 1 saturated carbocycles. The Labute approximate surface area is 127 Å². The minimum atomic E-state index is 0.440. The van der Waals surface area contributed by atoms with Gasteiger partial charge in [-0.1, -0.05) is 32.5 Å². The first-order chi connectivity index (χ1) is 9.43. The fraction of sp³-hybridized carbons (Fsp3) is 0.867. The Kier molecular flexibility index (Phi) is 5.13. The molecule has 1 aromatic heterocycles. The van der Waals surface area contributed by atoms with Crippen LogP contribution in [0.2, 0.25) is 0 Å². The van der Waals surface area contributed by atoms with Crippen LogP contribution in [0.15, 0.2) is 5.16 Å². The first kappa shape index (κ1) is 15.8. The van der Waals surface area contributed by atoms with E-state index in [9.17, 15) is 0 Å². The van der Waals surface area contributed by atoms with Gasteiger partial charge in [0.2, 0.25) is 0 Å². The number of nitrogens with one attached hydrogen (secondary N) is 1. The summed E-state index contributed by atoms with van der Waals surface area (Å²) in [5, 5.41) is 13.9. The van der Waals surface area contributed by atoms with Crippen molar-refractivity contribution in [3.8, 4) is 0 Å². The third-order valence-electron chi connectivity index (χ3n) is 4.30. The van der Waals surface area contributed by atoms with Gasteiger partial charge in [-0.15, -0.1) is 10.2 Å². The van der Waals surface area contributed by atoms with Crippen molar-refractivity contribution in [2.24, 2.45) is 12.5 Å². The van der Waals surface area contributed by atoms with Crippen molar-refractivity contribution in [1.82, 2.24) is 20.1 Å². The number of thioether (sulfide) groups is 1. The van der Waals surface area contributed by atoms with Crippen LogP contribution in [0.3, 0.4) is 0 Å². The molecule has 0 saturated heterocycles. The summed E-state index contributed by atoms with van der Waals surface area (Å²) in [6, 6.07) is 0.602. The number of aryl methyl sites for hydroxylation is 1. The molecule has 4 nitrogen and oxygen atoms in total. The van der Waals surface area contributed by atoms with Crippen LogP contribution in [-0.2, 0) is 7.05 Å². The summed E-state index contributed by atoms with van der Waals surface area (Å²) in [6.45, 7) is 10.1. The lowest BCUT2D eigenvalue weighted by atomic mass is 9.75. The van der Waals surface area contributed by atoms with E-state index in [0.717, 1.165) is 17.5 Å². The van der Waals surface area contributed by atoms with Crippen molar-refractivity contribution in [1.29, 1.82) is 0 Å². The molecule has 1 fully saturated rings. The number of hydrogen-bond acceptors (Lipinski definition) is 4. The van der Waals surface area contributed by atoms with Crippen molar-refractivity contribution in [3.63, 3.8) is 0 Å². The van der Waals surface area contributed by atoms with Crippen LogP contribution in [0.25, 0.3) is 0 Å². The van der Waals surface area contributed by atoms with Crippen LogP contribution < -0.4 is 5.32 Å². The molecule has 0 amide bonds. The number of aromatic nitrogens is 3. The summed E-state index contributed by atoms with van der Waals surface area (Å²) in [5.41, 5.74) is 0.440. The normalized spacial score (nSPS) is 25.9. The molecule has 0 bridgehead atoms. The van der Waals surface area contributed by atoms with E-state index in [2.05, 4.69) is 47.9 Å². The molecule has 2 atom stereocenters. The fourth-order valence-electron chi connectivity index (χ4n) is 2.83. The Bertz CT molecular complexity index is 441. The lowest BCUT2D eigenvalue weighted by molar-refractivity contribution is 0.214. The minimum absolute atomic E-state index is 0.440. The van der Waals surface area contributed by atoms with Crippen molar-refractivity contribution >= 4 is 11.8 Å². The predicted molar refractivity (Wildman–Crippen MR) is 85.1 cm³/mol. The van der Waals surface area contributed by atoms with Gasteiger partial charge in [-0.3, -0.25) is 0 Å². The van der Waals surface area contributed by atoms with Gasteiger partial charge in [-0.2, -0.15) is 0 Å². The van der Waals surface area contributed by atoms with Gasteiger partial charge in [0, 0.05) is 18.3 Å². The Morgan fingerprint density at radius 2 is 2.15 bits per heavy atom. The predicted octanol–water partition coefficient (Wildman–Crippen LogP) is 3.16. The van der Waals surface area contributed by atoms with Gasteiger partial charge in [0.15, 0.2) is 5.16 Å². The average Bonchev–Trinajstić information content (AvgIpc) is 2.69. The molecule has 114 valence electrons. The molecule has 0 aliphatic heterocycles. The minimum Gasteiger partial charge on any atom is -0.313 e. The molecule has 2 unspecified atom stereocenters. The van der Waals surface area contributed by atoms with Crippen LogP contribution in [0.4, 0.5) is 0 Å². The zero-order chi connectivity index (χ0) is 14.8. The van der Waals surface area contributed by atoms with Crippen LogP contribution in [0, 0.1) is 12.3 Å². The third-order valence-corrected chi connectivity index (χ3v) is 5.66. The number of hydrogen-bond donors (Lipinski definition) is 1. The first-order valence-corrected chi connectivity index (χ1v) is 8.57. The zero-order valence-electron chi connectivity index (χ0n) is 13.4. The van der Waals surface area contributed by atoms with Crippen molar-refractivity contribution in [3.05, 3.63) is 5.82 Å². The van der Waals surface area contributed by atoms with E-state index in [0.29, 0.717) is 16.7 Å². The summed E-state index contributed by atoms with van der Waals surface area (Å²) in [5.74, 6) is 0.987. The molecule has 20 heavy (non-hydrogen) atoms. The van der Waals surface area contributed by atoms with Crippen LogP contribution in [0.1, 0.15) is 52.3 Å². The van der Waals surface area contributed by atoms with Gasteiger partial charge in [0.05, 0.1) is 0 Å². The monoisotopic (exact) mass is 296 g/mol. The van der Waals surface area contributed by atoms with E-state index in [1.807, 2.05) is 18.7 Å². The Morgan fingerprint density at radius 3 is 2.75 bits per heavy atom. The van der Waals surface area contributed by atoms with Crippen LogP contribution >= 0.6 is 11.8 Å². The molecule has 0 aromatic carbocycles. The highest BCUT2D eigenvalue weighted by atomic mass is 32.2. The first-order valence-electron chi connectivity index (χ1n) is 7.69. The van der Waals surface area contributed by atoms with E-state index < -0.39 is 0 Å². The second-order valence-corrected chi connectivity index (χ2v) is 7.92. The summed E-state index contributed by atoms with van der Waals surface area (Å²) in [6.07, 6.45) is 5.01. The summed E-state index contributed by atoms with van der Waals surface area (Å²) < 4.78 is 2.10. The lowest BCUT2D eigenvalue weighted by Crippen LogP contribution is -2.45. The maximum Gasteiger partial charge on any atom is 0.191 e. The highest BCUT2D eigenvalue weighted by Gasteiger charge is 2.35. The SMILES string of the molecule is CCCNC1CCC(C)(C)CC1Sc1nnc(C)n1C. The maximum atomic E-state index is 4.32. The Hall–Kier alpha value is -0.550. The smallest absolute Gasteiger partial charge is 0.191 e. The molecule has 2 rings (SSSR count). The quantitative estimate of drug-likeness (QED) is 0.906. The molecule has 0 radical (unpaired) electrons. The van der Waals surface area contributed by atoms with Crippen molar-refractivity contribution in [2.45, 2.75) is 69.8 Å². The highest BCUT2D eigenvalue weighted by Crippen LogP contribution is 2.42. The second kappa shape index (κ2) is 6.48. The molecule has 1 N–H and O–H groups in total. The van der Waals surface area contributed by atoms with E-state index in [4.69, 9.17) is 0 Å². The molecule has 1 aliphatic rings. The van der Waals surface area contributed by atoms with E-state index in [-0.39, 0.29) is 0 Å². The lowest BCUT2D eigenvalue weighted by Gasteiger charge is -2.40. The standard InChI is InChI=1S/C15H28N4S/c1-6-9-16-12-7-8-15(3,4)10-13(12)20-14-18-17-11(2)19(14)5/h12-13,16H,6-10H2,1-5H3. The molecule has 1 aliphatic carbocycles. The largest absolute Gasteiger partial charge is 0.313 e. The molecule has 5 heteroatoms. The van der Waals surface area contributed by atoms with Gasteiger partial charge in [0.1, 0.15) is 5.82 Å². The molecular weight excluding hydrogens is 268 g/mol. The summed E-state index contributed by atoms with van der Waals surface area (Å²) in [7, 11) is 2.06. The number of nitrogens with zero attached hydrogens (tertiary/aromatic N) is 3. The summed E-state index contributed by atoms with van der Waals surface area (Å²) >= 11 is 1.90. The van der Waals surface area contributed by atoms with Gasteiger partial charge in [-0.25, -0.2) is 0 Å². The van der Waals surface area contributed by atoms with Crippen LogP contribution in [-0.4, -0.2) is 32.6 Å². The average molecular weight is 296 g/mol. The fourth-order valence-corrected chi connectivity index (χ4v) is 4.41. The van der Waals surface area contributed by atoms with Gasteiger partial charge in [0.25, 0.3) is 0 Å². The number of rotatable bonds is 5. The highest BCUT2D eigenvalue weighted by molar-refractivity contribution is 7.99. The Morgan fingerprint density at radius 1 is 1.40 bits per heavy atom. The topological polar surface area (TPSA) is 42.7 Å². The van der Waals surface area contributed by atoms with Crippen molar-refractivity contribution in [2.75, 3.05) is 6.54 Å². The molecule has 1 aromatic rings. The Balaban J connectivity index is 2.08. The molecule has 0 spiro atoms. The van der Waals surface area contributed by atoms with Gasteiger partial charge < -0.3 is 9.88 Å². The van der Waals surface area contributed by atoms with Crippen LogP contribution in [0.5, 0.6) is 0 Å². The molecule has 1 heterocycles. The molecular formula is C15H28N4S. The third kappa shape index (κ3) is 3.76. The summed E-state index contributed by atoms with van der Waals surface area (Å²) in [4.78, 5) is 0. The second-order valence-electron chi connectivity index (χ2n) is 6.71. The maximum absolute atomic E-state index is 4.32.